The van der Waals surface area contributed by atoms with Crippen LogP contribution in [-0.2, 0) is 10.1 Å². The SMILES string of the molecule is O=S(=O)(O)C1=C(c2ccccc2)C=C(c2ccccc2)SC1c1ccccc1. The van der Waals surface area contributed by atoms with Gasteiger partial charge in [-0.15, -0.1) is 11.8 Å². The first-order valence-corrected chi connectivity index (χ1v) is 11.1. The maximum Gasteiger partial charge on any atom is 0.292 e. The molecule has 1 heterocycles. The number of hydrogen-bond acceptors (Lipinski definition) is 3. The van der Waals surface area contributed by atoms with E-state index in [1.54, 1.807) is 0 Å². The zero-order chi connectivity index (χ0) is 19.6. The van der Waals surface area contributed by atoms with E-state index in [1.807, 2.05) is 97.1 Å². The van der Waals surface area contributed by atoms with Gasteiger partial charge in [-0.1, -0.05) is 91.0 Å². The van der Waals surface area contributed by atoms with Crippen molar-refractivity contribution in [3.63, 3.8) is 0 Å². The first kappa shape index (κ1) is 18.7. The van der Waals surface area contributed by atoms with Gasteiger partial charge in [0.2, 0.25) is 0 Å². The van der Waals surface area contributed by atoms with Crippen molar-refractivity contribution in [2.45, 2.75) is 5.25 Å². The molecule has 0 saturated heterocycles. The second kappa shape index (κ2) is 7.80. The molecule has 28 heavy (non-hydrogen) atoms. The lowest BCUT2D eigenvalue weighted by atomic mass is 10.00. The van der Waals surface area contributed by atoms with Crippen LogP contribution in [0.5, 0.6) is 0 Å². The summed E-state index contributed by atoms with van der Waals surface area (Å²) in [5.41, 5.74) is 3.12. The quantitative estimate of drug-likeness (QED) is 0.555. The van der Waals surface area contributed by atoms with Crippen LogP contribution in [0.3, 0.4) is 0 Å². The number of allylic oxidation sites excluding steroid dienone is 2. The zero-order valence-corrected chi connectivity index (χ0v) is 16.5. The Morgan fingerprint density at radius 3 is 1.75 bits per heavy atom. The molecule has 4 rings (SSSR count). The van der Waals surface area contributed by atoms with E-state index < -0.39 is 15.4 Å². The van der Waals surface area contributed by atoms with Gasteiger partial charge < -0.3 is 0 Å². The van der Waals surface area contributed by atoms with Gasteiger partial charge >= 0.3 is 0 Å². The van der Waals surface area contributed by atoms with Gasteiger partial charge in [0.1, 0.15) is 0 Å². The van der Waals surface area contributed by atoms with E-state index in [1.165, 1.54) is 11.8 Å². The van der Waals surface area contributed by atoms with Crippen LogP contribution in [0.1, 0.15) is 21.9 Å². The molecule has 140 valence electrons. The number of rotatable bonds is 4. The first-order valence-electron chi connectivity index (χ1n) is 8.80. The van der Waals surface area contributed by atoms with Gasteiger partial charge in [0.05, 0.1) is 10.2 Å². The fourth-order valence-electron chi connectivity index (χ4n) is 3.28. The molecule has 0 spiro atoms. The van der Waals surface area contributed by atoms with Crippen molar-refractivity contribution >= 4 is 32.4 Å². The molecule has 1 aliphatic rings. The Kier molecular flexibility index (Phi) is 5.22. The molecule has 0 aliphatic carbocycles. The molecule has 3 nitrogen and oxygen atoms in total. The molecule has 0 aromatic heterocycles. The smallest absolute Gasteiger partial charge is 0.282 e. The van der Waals surface area contributed by atoms with Crippen molar-refractivity contribution in [3.8, 4) is 0 Å². The van der Waals surface area contributed by atoms with Crippen molar-refractivity contribution in [1.82, 2.24) is 0 Å². The topological polar surface area (TPSA) is 54.4 Å². The number of hydrogen-bond donors (Lipinski definition) is 1. The molecule has 0 amide bonds. The van der Waals surface area contributed by atoms with E-state index in [0.717, 1.165) is 21.6 Å². The van der Waals surface area contributed by atoms with Crippen molar-refractivity contribution in [1.29, 1.82) is 0 Å². The highest BCUT2D eigenvalue weighted by Gasteiger charge is 2.34. The molecule has 1 N–H and O–H groups in total. The van der Waals surface area contributed by atoms with Crippen LogP contribution < -0.4 is 0 Å². The van der Waals surface area contributed by atoms with Crippen LogP contribution in [0.2, 0.25) is 0 Å². The molecule has 0 fully saturated rings. The normalized spacial score (nSPS) is 17.3. The van der Waals surface area contributed by atoms with Gasteiger partial charge in [0.25, 0.3) is 10.1 Å². The molecule has 0 bridgehead atoms. The minimum Gasteiger partial charge on any atom is -0.282 e. The highest BCUT2D eigenvalue weighted by Crippen LogP contribution is 2.52. The zero-order valence-electron chi connectivity index (χ0n) is 14.9. The molecule has 0 saturated carbocycles. The minimum atomic E-state index is -4.41. The summed E-state index contributed by atoms with van der Waals surface area (Å²) in [6.07, 6.45) is 1.86. The number of thioether (sulfide) groups is 1. The Hall–Kier alpha value is -2.60. The highest BCUT2D eigenvalue weighted by molar-refractivity contribution is 8.09. The standard InChI is InChI=1S/C23H18O3S2/c24-28(25,26)23-20(17-10-4-1-5-11-17)16-21(18-12-6-2-7-13-18)27-22(23)19-14-8-3-9-15-19/h1-16,22H,(H,24,25,26). The Morgan fingerprint density at radius 2 is 1.21 bits per heavy atom. The fraction of sp³-hybridized carbons (Fsp3) is 0.0435. The lowest BCUT2D eigenvalue weighted by Gasteiger charge is -2.27. The fourth-order valence-corrected chi connectivity index (χ4v) is 5.89. The Morgan fingerprint density at radius 1 is 0.714 bits per heavy atom. The van der Waals surface area contributed by atoms with Crippen LogP contribution in [0.25, 0.3) is 10.5 Å². The van der Waals surface area contributed by atoms with E-state index in [2.05, 4.69) is 0 Å². The molecule has 1 atom stereocenters. The molecular formula is C23H18O3S2. The predicted octanol–water partition coefficient (Wildman–Crippen LogP) is 5.81. The van der Waals surface area contributed by atoms with Crippen LogP contribution >= 0.6 is 11.8 Å². The van der Waals surface area contributed by atoms with Gasteiger partial charge in [0, 0.05) is 10.5 Å². The second-order valence-corrected chi connectivity index (χ2v) is 8.94. The average Bonchev–Trinajstić information content (AvgIpc) is 2.74. The largest absolute Gasteiger partial charge is 0.292 e. The van der Waals surface area contributed by atoms with Crippen LogP contribution in [0, 0.1) is 0 Å². The van der Waals surface area contributed by atoms with Gasteiger partial charge in [0.15, 0.2) is 0 Å². The van der Waals surface area contributed by atoms with Gasteiger partial charge in [-0.2, -0.15) is 8.42 Å². The summed E-state index contributed by atoms with van der Waals surface area (Å²) in [6, 6.07) is 28.6. The van der Waals surface area contributed by atoms with E-state index in [0.29, 0.717) is 5.57 Å². The van der Waals surface area contributed by atoms with Crippen molar-refractivity contribution in [2.75, 3.05) is 0 Å². The van der Waals surface area contributed by atoms with Gasteiger partial charge in [-0.05, 0) is 22.8 Å². The highest BCUT2D eigenvalue weighted by atomic mass is 32.2. The van der Waals surface area contributed by atoms with Crippen molar-refractivity contribution < 1.29 is 13.0 Å². The average molecular weight is 407 g/mol. The van der Waals surface area contributed by atoms with Gasteiger partial charge in [-0.3, -0.25) is 4.55 Å². The number of benzene rings is 3. The molecule has 0 radical (unpaired) electrons. The third-order valence-electron chi connectivity index (χ3n) is 4.55. The third kappa shape index (κ3) is 3.83. The Labute approximate surface area is 169 Å². The minimum absolute atomic E-state index is 0.0228. The molecule has 3 aromatic carbocycles. The van der Waals surface area contributed by atoms with Gasteiger partial charge in [-0.25, -0.2) is 0 Å². The maximum absolute atomic E-state index is 12.5. The Balaban J connectivity index is 2.00. The van der Waals surface area contributed by atoms with E-state index in [4.69, 9.17) is 0 Å². The molecule has 1 unspecified atom stereocenters. The summed E-state index contributed by atoms with van der Waals surface area (Å²) >= 11 is 1.44. The van der Waals surface area contributed by atoms with E-state index in [-0.39, 0.29) is 4.91 Å². The summed E-state index contributed by atoms with van der Waals surface area (Å²) in [6.45, 7) is 0. The summed E-state index contributed by atoms with van der Waals surface area (Å²) < 4.78 is 35.0. The first-order chi connectivity index (χ1) is 13.5. The Bertz CT molecular complexity index is 1130. The lowest BCUT2D eigenvalue weighted by molar-refractivity contribution is 0.490. The van der Waals surface area contributed by atoms with Crippen LogP contribution in [0.15, 0.2) is 102 Å². The van der Waals surface area contributed by atoms with E-state index >= 15 is 0 Å². The van der Waals surface area contributed by atoms with Crippen LogP contribution in [0.4, 0.5) is 0 Å². The summed E-state index contributed by atoms with van der Waals surface area (Å²) in [4.78, 5) is 0.982. The predicted molar refractivity (Wildman–Crippen MR) is 116 cm³/mol. The maximum atomic E-state index is 12.5. The molecule has 1 aliphatic heterocycles. The summed E-state index contributed by atoms with van der Waals surface area (Å²) in [5.74, 6) is 0. The lowest BCUT2D eigenvalue weighted by Crippen LogP contribution is -2.14. The van der Waals surface area contributed by atoms with E-state index in [9.17, 15) is 13.0 Å². The van der Waals surface area contributed by atoms with Crippen molar-refractivity contribution in [3.05, 3.63) is 119 Å². The summed E-state index contributed by atoms with van der Waals surface area (Å²) in [5, 5.41) is -0.536. The second-order valence-electron chi connectivity index (χ2n) is 6.40. The summed E-state index contributed by atoms with van der Waals surface area (Å²) in [7, 11) is -4.41. The third-order valence-corrected chi connectivity index (χ3v) is 7.06. The van der Waals surface area contributed by atoms with Crippen molar-refractivity contribution in [2.24, 2.45) is 0 Å². The monoisotopic (exact) mass is 406 g/mol. The molecule has 5 heteroatoms. The molecule has 3 aromatic rings. The van der Waals surface area contributed by atoms with Crippen LogP contribution in [-0.4, -0.2) is 13.0 Å². The molecular weight excluding hydrogens is 388 g/mol.